The van der Waals surface area contributed by atoms with Crippen LogP contribution in [0.4, 0.5) is 13.2 Å². The smallest absolute Gasteiger partial charge is 0.475 e. The molecule has 3 aromatic rings. The number of aryl methyl sites for hydroxylation is 1. The van der Waals surface area contributed by atoms with Crippen molar-refractivity contribution in [1.29, 1.82) is 0 Å². The van der Waals surface area contributed by atoms with Crippen LogP contribution in [0.2, 0.25) is 0 Å². The number of carbonyl (C=O) groups excluding carboxylic acids is 2. The molecule has 0 bridgehead atoms. The Kier molecular flexibility index (Phi) is 7.83. The molecule has 0 aliphatic carbocycles. The van der Waals surface area contributed by atoms with Crippen molar-refractivity contribution in [2.75, 3.05) is 26.2 Å². The van der Waals surface area contributed by atoms with Gasteiger partial charge in [0.2, 0.25) is 0 Å². The van der Waals surface area contributed by atoms with E-state index in [1.54, 1.807) is 52.6 Å². The minimum absolute atomic E-state index is 0.0740. The zero-order chi connectivity index (χ0) is 27.5. The van der Waals surface area contributed by atoms with Crippen LogP contribution in [0, 0.1) is 0 Å². The Labute approximate surface area is 219 Å². The summed E-state index contributed by atoms with van der Waals surface area (Å²) in [4.78, 5) is 43.6. The topological polar surface area (TPSA) is 118 Å². The van der Waals surface area contributed by atoms with Gasteiger partial charge in [-0.2, -0.15) is 29.6 Å². The van der Waals surface area contributed by atoms with Gasteiger partial charge in [0.25, 0.3) is 11.8 Å². The van der Waals surface area contributed by atoms with Gasteiger partial charge >= 0.3 is 12.1 Å². The molecule has 3 aromatic heterocycles. The van der Waals surface area contributed by atoms with Crippen LogP contribution in [0.15, 0.2) is 53.6 Å². The first-order chi connectivity index (χ1) is 18.0. The van der Waals surface area contributed by atoms with Crippen molar-refractivity contribution in [3.63, 3.8) is 0 Å². The number of likely N-dealkylation sites (tertiary alicyclic amines) is 1. The minimum atomic E-state index is -5.08. The molecule has 2 aliphatic heterocycles. The first-order valence-electron chi connectivity index (χ1n) is 11.4. The first-order valence-corrected chi connectivity index (χ1v) is 12.4. The summed E-state index contributed by atoms with van der Waals surface area (Å²) < 4.78 is 39.6. The lowest BCUT2D eigenvalue weighted by Crippen LogP contribution is -2.60. The summed E-state index contributed by atoms with van der Waals surface area (Å²) in [6, 6.07) is 7.52. The lowest BCUT2D eigenvalue weighted by atomic mass is 9.83. The molecule has 2 atom stereocenters. The molecule has 0 saturated carbocycles. The Morgan fingerprint density at radius 3 is 2.63 bits per heavy atom. The van der Waals surface area contributed by atoms with Gasteiger partial charge in [-0.25, -0.2) is 4.79 Å². The summed E-state index contributed by atoms with van der Waals surface area (Å²) in [6.07, 6.45) is 0.118. The van der Waals surface area contributed by atoms with E-state index in [0.29, 0.717) is 31.9 Å². The molecule has 1 N–H and O–H groups in total. The summed E-state index contributed by atoms with van der Waals surface area (Å²) in [5, 5.41) is 15.4. The maximum Gasteiger partial charge on any atom is 0.490 e. The summed E-state index contributed by atoms with van der Waals surface area (Å²) in [5.41, 5.74) is 1.24. The summed E-state index contributed by atoms with van der Waals surface area (Å²) >= 11 is 1.62. The summed E-state index contributed by atoms with van der Waals surface area (Å²) in [6.45, 7) is 2.07. The molecular weight excluding hydrogens is 527 g/mol. The molecule has 0 radical (unpaired) electrons. The highest BCUT2D eigenvalue weighted by Gasteiger charge is 2.58. The van der Waals surface area contributed by atoms with Crippen LogP contribution in [-0.2, 0) is 27.9 Å². The molecule has 2 fully saturated rings. The summed E-state index contributed by atoms with van der Waals surface area (Å²) in [5.74, 6) is -3.33. The number of alkyl halides is 3. The van der Waals surface area contributed by atoms with Crippen LogP contribution in [0.3, 0.4) is 0 Å². The number of carboxylic acids is 1. The van der Waals surface area contributed by atoms with Crippen LogP contribution in [0.1, 0.15) is 27.5 Å². The average molecular weight is 552 g/mol. The third kappa shape index (κ3) is 5.70. The fraction of sp³-hybridized carbons (Fsp3) is 0.375. The molecule has 202 valence electrons. The number of morpholine rings is 1. The van der Waals surface area contributed by atoms with Crippen molar-refractivity contribution in [3.05, 3.63) is 70.4 Å². The van der Waals surface area contributed by atoms with E-state index in [1.165, 1.54) is 0 Å². The molecular formula is C24H24F3N5O5S. The average Bonchev–Trinajstić information content (AvgIpc) is 3.63. The van der Waals surface area contributed by atoms with E-state index in [9.17, 15) is 22.8 Å². The zero-order valence-corrected chi connectivity index (χ0v) is 21.0. The maximum atomic E-state index is 13.8. The predicted octanol–water partition coefficient (Wildman–Crippen LogP) is 2.55. The van der Waals surface area contributed by atoms with Gasteiger partial charge in [-0.3, -0.25) is 19.3 Å². The second-order valence-electron chi connectivity index (χ2n) is 8.80. The second-order valence-corrected chi connectivity index (χ2v) is 9.58. The highest BCUT2D eigenvalue weighted by Crippen LogP contribution is 2.42. The van der Waals surface area contributed by atoms with E-state index >= 15 is 0 Å². The van der Waals surface area contributed by atoms with Crippen LogP contribution in [-0.4, -0.2) is 85.5 Å². The van der Waals surface area contributed by atoms with Crippen LogP contribution >= 0.6 is 11.3 Å². The number of hydrogen-bond donors (Lipinski definition) is 1. The third-order valence-corrected chi connectivity index (χ3v) is 7.00. The van der Waals surface area contributed by atoms with E-state index in [2.05, 4.69) is 15.5 Å². The Morgan fingerprint density at radius 1 is 1.29 bits per heavy atom. The SMILES string of the molecule is Cn1ccc(C(=O)N2CC(c3cccnc3)C3(C2)OCCN(Cc2ccsc2)C3=O)n1.O=C(O)C(F)(F)F. The molecule has 10 nitrogen and oxygen atoms in total. The number of pyridine rings is 1. The van der Waals surface area contributed by atoms with Crippen molar-refractivity contribution in [1.82, 2.24) is 24.6 Å². The highest BCUT2D eigenvalue weighted by atomic mass is 32.1. The Balaban J connectivity index is 0.000000426. The molecule has 2 saturated heterocycles. The molecule has 5 heterocycles. The molecule has 14 heteroatoms. The van der Waals surface area contributed by atoms with Crippen LogP contribution < -0.4 is 0 Å². The van der Waals surface area contributed by atoms with Gasteiger partial charge in [0.1, 0.15) is 5.69 Å². The molecule has 1 spiro atoms. The van der Waals surface area contributed by atoms with Gasteiger partial charge in [-0.05, 0) is 40.1 Å². The normalized spacial score (nSPS) is 21.4. The standard InChI is InChI=1S/C22H23N5O3S.C2HF3O2/c1-25-7-4-19(24-25)20(28)27-13-18(17-3-2-6-23-11-17)22(15-27)21(29)26(8-9-30-22)12-16-5-10-31-14-16;3-2(4,5)1(6)7/h2-7,10-11,14,18H,8-9,12-13,15H2,1H3;(H,6,7). The number of thiophene rings is 1. The van der Waals surface area contributed by atoms with Crippen molar-refractivity contribution in [3.8, 4) is 0 Å². The van der Waals surface area contributed by atoms with Crippen LogP contribution in [0.5, 0.6) is 0 Å². The Morgan fingerprint density at radius 2 is 2.05 bits per heavy atom. The number of rotatable bonds is 4. The Bertz CT molecular complexity index is 1280. The van der Waals surface area contributed by atoms with E-state index in [-0.39, 0.29) is 24.3 Å². The number of nitrogens with zero attached hydrogens (tertiary/aromatic N) is 5. The van der Waals surface area contributed by atoms with Crippen molar-refractivity contribution in [2.24, 2.45) is 7.05 Å². The number of aromatic nitrogens is 3. The number of hydrogen-bond acceptors (Lipinski definition) is 7. The molecule has 38 heavy (non-hydrogen) atoms. The van der Waals surface area contributed by atoms with Gasteiger partial charge in [0, 0.05) is 51.2 Å². The third-order valence-electron chi connectivity index (χ3n) is 6.26. The van der Waals surface area contributed by atoms with Gasteiger partial charge < -0.3 is 19.6 Å². The van der Waals surface area contributed by atoms with Gasteiger partial charge in [0.05, 0.1) is 13.2 Å². The molecule has 2 unspecified atom stereocenters. The lowest BCUT2D eigenvalue weighted by Gasteiger charge is -2.42. The predicted molar refractivity (Wildman–Crippen MR) is 128 cm³/mol. The fourth-order valence-electron chi connectivity index (χ4n) is 4.51. The lowest BCUT2D eigenvalue weighted by molar-refractivity contribution is -0.192. The first kappa shape index (κ1) is 27.3. The zero-order valence-electron chi connectivity index (χ0n) is 20.2. The van der Waals surface area contributed by atoms with Crippen molar-refractivity contribution < 1.29 is 37.4 Å². The Hall–Kier alpha value is -3.78. The van der Waals surface area contributed by atoms with Gasteiger partial charge in [0.15, 0.2) is 5.60 Å². The quantitative estimate of drug-likeness (QED) is 0.530. The van der Waals surface area contributed by atoms with Crippen molar-refractivity contribution >= 4 is 29.1 Å². The van der Waals surface area contributed by atoms with E-state index in [1.807, 2.05) is 28.5 Å². The number of halogens is 3. The number of carboxylic acid groups (broad SMARTS) is 1. The summed E-state index contributed by atoms with van der Waals surface area (Å²) in [7, 11) is 1.77. The number of amides is 2. The number of aliphatic carboxylic acids is 1. The largest absolute Gasteiger partial charge is 0.490 e. The molecule has 2 amide bonds. The van der Waals surface area contributed by atoms with E-state index in [4.69, 9.17) is 14.6 Å². The van der Waals surface area contributed by atoms with E-state index in [0.717, 1.165) is 11.1 Å². The monoisotopic (exact) mass is 551 g/mol. The van der Waals surface area contributed by atoms with Gasteiger partial charge in [-0.1, -0.05) is 6.07 Å². The molecule has 2 aliphatic rings. The fourth-order valence-corrected chi connectivity index (χ4v) is 5.17. The van der Waals surface area contributed by atoms with Crippen molar-refractivity contribution in [2.45, 2.75) is 24.2 Å². The van der Waals surface area contributed by atoms with Gasteiger partial charge in [-0.15, -0.1) is 0 Å². The second kappa shape index (κ2) is 10.9. The highest BCUT2D eigenvalue weighted by molar-refractivity contribution is 7.07. The number of carbonyl (C=O) groups is 3. The molecule has 0 aromatic carbocycles. The maximum absolute atomic E-state index is 13.8. The van der Waals surface area contributed by atoms with E-state index < -0.39 is 17.7 Å². The minimum Gasteiger partial charge on any atom is -0.475 e. The van der Waals surface area contributed by atoms with Crippen LogP contribution in [0.25, 0.3) is 0 Å². The molecule has 5 rings (SSSR count). The number of ether oxygens (including phenoxy) is 1.